The highest BCUT2D eigenvalue weighted by Crippen LogP contribution is 2.26. The molecule has 4 heteroatoms. The number of rotatable bonds is 9. The van der Waals surface area contributed by atoms with Crippen LogP contribution in [0.4, 0.5) is 0 Å². The fraction of sp³-hybridized carbons (Fsp3) is 0.429. The van der Waals surface area contributed by atoms with Gasteiger partial charge in [-0.1, -0.05) is 60.7 Å². The summed E-state index contributed by atoms with van der Waals surface area (Å²) in [5, 5.41) is 9.18. The van der Waals surface area contributed by atoms with E-state index >= 15 is 0 Å². The Kier molecular flexibility index (Phi) is 7.00. The summed E-state index contributed by atoms with van der Waals surface area (Å²) in [6.45, 7) is 1.76. The summed E-state index contributed by atoms with van der Waals surface area (Å²) in [5.41, 5.74) is 2.30. The minimum Gasteiger partial charge on any atom is -0.396 e. The van der Waals surface area contributed by atoms with E-state index in [1.165, 1.54) is 0 Å². The Bertz CT molecular complexity index is 602. The van der Waals surface area contributed by atoms with Crippen LogP contribution in [0.3, 0.4) is 0 Å². The van der Waals surface area contributed by atoms with Crippen LogP contribution in [0.15, 0.2) is 60.7 Å². The SMILES string of the molecule is OCC[C@@H]1C[C@H](OCc2ccccc2)[C@@H](COCc2ccccc2)O1. The Morgan fingerprint density at radius 3 is 2.20 bits per heavy atom. The predicted octanol–water partition coefficient (Wildman–Crippen LogP) is 3.33. The zero-order valence-electron chi connectivity index (χ0n) is 14.4. The second kappa shape index (κ2) is 9.68. The summed E-state index contributed by atoms with van der Waals surface area (Å²) < 4.78 is 18.0. The molecular formula is C21H26O4. The van der Waals surface area contributed by atoms with Crippen molar-refractivity contribution in [1.29, 1.82) is 0 Å². The van der Waals surface area contributed by atoms with E-state index in [2.05, 4.69) is 12.1 Å². The quantitative estimate of drug-likeness (QED) is 0.759. The summed E-state index contributed by atoms with van der Waals surface area (Å²) in [7, 11) is 0. The highest BCUT2D eigenvalue weighted by Gasteiger charge is 2.35. The van der Waals surface area contributed by atoms with Crippen molar-refractivity contribution in [2.45, 2.75) is 44.4 Å². The molecule has 0 saturated carbocycles. The van der Waals surface area contributed by atoms with E-state index in [1.54, 1.807) is 0 Å². The molecule has 0 bridgehead atoms. The van der Waals surface area contributed by atoms with Crippen molar-refractivity contribution >= 4 is 0 Å². The first-order valence-corrected chi connectivity index (χ1v) is 8.88. The molecule has 1 N–H and O–H groups in total. The largest absolute Gasteiger partial charge is 0.396 e. The van der Waals surface area contributed by atoms with Gasteiger partial charge in [-0.3, -0.25) is 0 Å². The van der Waals surface area contributed by atoms with Crippen LogP contribution < -0.4 is 0 Å². The third-order valence-electron chi connectivity index (χ3n) is 4.43. The molecule has 2 aromatic carbocycles. The van der Waals surface area contributed by atoms with Gasteiger partial charge in [0.2, 0.25) is 0 Å². The van der Waals surface area contributed by atoms with Crippen molar-refractivity contribution in [3.05, 3.63) is 71.8 Å². The smallest absolute Gasteiger partial charge is 0.107 e. The fourth-order valence-electron chi connectivity index (χ4n) is 3.10. The van der Waals surface area contributed by atoms with Crippen molar-refractivity contribution in [2.75, 3.05) is 13.2 Å². The lowest BCUT2D eigenvalue weighted by Gasteiger charge is -2.19. The molecule has 0 unspecified atom stereocenters. The summed E-state index contributed by atoms with van der Waals surface area (Å²) in [5.74, 6) is 0. The summed E-state index contributed by atoms with van der Waals surface area (Å²) >= 11 is 0. The highest BCUT2D eigenvalue weighted by molar-refractivity contribution is 5.14. The van der Waals surface area contributed by atoms with Crippen LogP contribution in [0, 0.1) is 0 Å². The van der Waals surface area contributed by atoms with Gasteiger partial charge in [0.25, 0.3) is 0 Å². The van der Waals surface area contributed by atoms with Crippen LogP contribution in [0.2, 0.25) is 0 Å². The zero-order valence-corrected chi connectivity index (χ0v) is 14.4. The molecule has 0 amide bonds. The van der Waals surface area contributed by atoms with Crippen LogP contribution in [-0.2, 0) is 27.4 Å². The summed E-state index contributed by atoms with van der Waals surface area (Å²) in [6.07, 6.45) is 1.38. The first kappa shape index (κ1) is 18.1. The van der Waals surface area contributed by atoms with Crippen molar-refractivity contribution < 1.29 is 19.3 Å². The second-order valence-corrected chi connectivity index (χ2v) is 6.38. The molecule has 4 nitrogen and oxygen atoms in total. The zero-order chi connectivity index (χ0) is 17.3. The van der Waals surface area contributed by atoms with E-state index in [9.17, 15) is 5.11 Å². The molecule has 2 aromatic rings. The van der Waals surface area contributed by atoms with E-state index < -0.39 is 0 Å². The van der Waals surface area contributed by atoms with Gasteiger partial charge in [0.1, 0.15) is 6.10 Å². The molecule has 134 valence electrons. The van der Waals surface area contributed by atoms with Gasteiger partial charge in [-0.05, 0) is 17.5 Å². The van der Waals surface area contributed by atoms with Gasteiger partial charge in [0.05, 0.1) is 32.0 Å². The number of aliphatic hydroxyl groups excluding tert-OH is 1. The molecule has 1 aliphatic heterocycles. The molecule has 3 atom stereocenters. The number of hydrogen-bond donors (Lipinski definition) is 1. The van der Waals surface area contributed by atoms with Gasteiger partial charge < -0.3 is 19.3 Å². The first-order valence-electron chi connectivity index (χ1n) is 8.88. The second-order valence-electron chi connectivity index (χ2n) is 6.38. The van der Waals surface area contributed by atoms with Gasteiger partial charge in [-0.25, -0.2) is 0 Å². The monoisotopic (exact) mass is 342 g/mol. The van der Waals surface area contributed by atoms with Gasteiger partial charge in [-0.2, -0.15) is 0 Å². The Balaban J connectivity index is 1.50. The topological polar surface area (TPSA) is 47.9 Å². The molecule has 0 spiro atoms. The summed E-state index contributed by atoms with van der Waals surface area (Å²) in [4.78, 5) is 0. The Labute approximate surface area is 149 Å². The van der Waals surface area contributed by atoms with Gasteiger partial charge in [-0.15, -0.1) is 0 Å². The van der Waals surface area contributed by atoms with E-state index in [1.807, 2.05) is 48.5 Å². The van der Waals surface area contributed by atoms with Gasteiger partial charge in [0.15, 0.2) is 0 Å². The van der Waals surface area contributed by atoms with Crippen LogP contribution >= 0.6 is 0 Å². The average Bonchev–Trinajstić information content (AvgIpc) is 3.04. The minimum absolute atomic E-state index is 0.00692. The lowest BCUT2D eigenvalue weighted by molar-refractivity contribution is -0.0730. The number of hydrogen-bond acceptors (Lipinski definition) is 4. The Hall–Kier alpha value is -1.72. The number of aliphatic hydroxyl groups is 1. The van der Waals surface area contributed by atoms with E-state index in [0.717, 1.165) is 17.5 Å². The molecule has 25 heavy (non-hydrogen) atoms. The van der Waals surface area contributed by atoms with E-state index in [-0.39, 0.29) is 24.9 Å². The maximum atomic E-state index is 9.18. The van der Waals surface area contributed by atoms with E-state index in [4.69, 9.17) is 14.2 Å². The van der Waals surface area contributed by atoms with Crippen LogP contribution in [0.5, 0.6) is 0 Å². The van der Waals surface area contributed by atoms with Crippen LogP contribution in [0.1, 0.15) is 24.0 Å². The molecule has 1 fully saturated rings. The predicted molar refractivity (Wildman–Crippen MR) is 96.1 cm³/mol. The third-order valence-corrected chi connectivity index (χ3v) is 4.43. The lowest BCUT2D eigenvalue weighted by atomic mass is 10.1. The molecule has 0 aliphatic carbocycles. The molecular weight excluding hydrogens is 316 g/mol. The standard InChI is InChI=1S/C21H26O4/c22-12-11-19-13-20(24-15-18-9-5-2-6-10-18)21(25-19)16-23-14-17-7-3-1-4-8-17/h1-10,19-22H,11-16H2/t19-,20+,21-/m1/s1. The molecule has 1 aliphatic rings. The normalized spacial score (nSPS) is 23.0. The molecule has 1 saturated heterocycles. The Morgan fingerprint density at radius 2 is 1.56 bits per heavy atom. The maximum Gasteiger partial charge on any atom is 0.107 e. The highest BCUT2D eigenvalue weighted by atomic mass is 16.6. The third kappa shape index (κ3) is 5.65. The van der Waals surface area contributed by atoms with Crippen molar-refractivity contribution in [3.63, 3.8) is 0 Å². The number of ether oxygens (including phenoxy) is 3. The van der Waals surface area contributed by atoms with Gasteiger partial charge >= 0.3 is 0 Å². The van der Waals surface area contributed by atoms with Crippen LogP contribution in [0.25, 0.3) is 0 Å². The number of benzene rings is 2. The van der Waals surface area contributed by atoms with Crippen molar-refractivity contribution in [2.24, 2.45) is 0 Å². The molecule has 3 rings (SSSR count). The molecule has 0 aromatic heterocycles. The Morgan fingerprint density at radius 1 is 0.920 bits per heavy atom. The first-order chi connectivity index (χ1) is 12.3. The lowest BCUT2D eigenvalue weighted by Crippen LogP contribution is -2.29. The maximum absolute atomic E-state index is 9.18. The van der Waals surface area contributed by atoms with Gasteiger partial charge in [0, 0.05) is 13.0 Å². The fourth-order valence-corrected chi connectivity index (χ4v) is 3.10. The summed E-state index contributed by atoms with van der Waals surface area (Å²) in [6, 6.07) is 20.3. The van der Waals surface area contributed by atoms with Crippen molar-refractivity contribution in [1.82, 2.24) is 0 Å². The van der Waals surface area contributed by atoms with Crippen LogP contribution in [-0.4, -0.2) is 36.6 Å². The minimum atomic E-state index is -0.0935. The van der Waals surface area contributed by atoms with E-state index in [0.29, 0.717) is 26.2 Å². The van der Waals surface area contributed by atoms with Crippen molar-refractivity contribution in [3.8, 4) is 0 Å². The molecule has 1 heterocycles. The molecule has 0 radical (unpaired) electrons. The average molecular weight is 342 g/mol.